The topological polar surface area (TPSA) is 59.4 Å². The molecule has 0 radical (unpaired) electrons. The van der Waals surface area contributed by atoms with Crippen LogP contribution in [0.3, 0.4) is 0 Å². The lowest BCUT2D eigenvalue weighted by atomic mass is 10.2. The van der Waals surface area contributed by atoms with Gasteiger partial charge in [0.15, 0.2) is 0 Å². The second-order valence-electron chi connectivity index (χ2n) is 2.61. The summed E-state index contributed by atoms with van der Waals surface area (Å²) < 4.78 is 5.24. The van der Waals surface area contributed by atoms with Crippen molar-refractivity contribution in [3.05, 3.63) is 23.7 Å². The van der Waals surface area contributed by atoms with E-state index >= 15 is 0 Å². The molecular weight excluding hydrogens is 142 g/mol. The minimum absolute atomic E-state index is 0.278. The van der Waals surface area contributed by atoms with Gasteiger partial charge < -0.3 is 15.3 Å². The average Bonchev–Trinajstić information content (AvgIpc) is 2.35. The Hall–Kier alpha value is -0.800. The standard InChI is InChI=1S/C8H13NO2/c1-6-2-3-8(11-6)4-7(10)5-9/h2-3,7,10H,4-5,9H2,1H3. The molecule has 1 aromatic heterocycles. The van der Waals surface area contributed by atoms with Crippen molar-refractivity contribution < 1.29 is 9.52 Å². The van der Waals surface area contributed by atoms with E-state index in [0.29, 0.717) is 6.42 Å². The monoisotopic (exact) mass is 155 g/mol. The smallest absolute Gasteiger partial charge is 0.106 e. The highest BCUT2D eigenvalue weighted by atomic mass is 16.3. The van der Waals surface area contributed by atoms with E-state index in [1.165, 1.54) is 0 Å². The molecule has 0 saturated heterocycles. The van der Waals surface area contributed by atoms with E-state index in [2.05, 4.69) is 0 Å². The van der Waals surface area contributed by atoms with Crippen LogP contribution in [0.25, 0.3) is 0 Å². The number of rotatable bonds is 3. The summed E-state index contributed by atoms with van der Waals surface area (Å²) in [7, 11) is 0. The molecule has 0 fully saturated rings. The van der Waals surface area contributed by atoms with Crippen molar-refractivity contribution in [2.45, 2.75) is 19.4 Å². The molecule has 0 aliphatic heterocycles. The molecule has 0 bridgehead atoms. The lowest BCUT2D eigenvalue weighted by molar-refractivity contribution is 0.175. The van der Waals surface area contributed by atoms with Gasteiger partial charge in [0.25, 0.3) is 0 Å². The van der Waals surface area contributed by atoms with Crippen molar-refractivity contribution in [1.82, 2.24) is 0 Å². The maximum atomic E-state index is 9.14. The molecule has 0 aliphatic carbocycles. The fourth-order valence-electron chi connectivity index (χ4n) is 0.910. The van der Waals surface area contributed by atoms with Crippen LogP contribution >= 0.6 is 0 Å². The summed E-state index contributed by atoms with van der Waals surface area (Å²) >= 11 is 0. The molecule has 0 amide bonds. The van der Waals surface area contributed by atoms with Gasteiger partial charge in [-0.25, -0.2) is 0 Å². The Morgan fingerprint density at radius 3 is 2.82 bits per heavy atom. The molecule has 1 heterocycles. The molecule has 3 heteroatoms. The number of aryl methyl sites for hydroxylation is 1. The molecule has 3 nitrogen and oxygen atoms in total. The Bertz CT molecular complexity index is 220. The summed E-state index contributed by atoms with van der Waals surface area (Å²) in [4.78, 5) is 0. The van der Waals surface area contributed by atoms with Gasteiger partial charge in [-0.3, -0.25) is 0 Å². The normalized spacial score (nSPS) is 13.4. The van der Waals surface area contributed by atoms with Crippen molar-refractivity contribution in [1.29, 1.82) is 0 Å². The van der Waals surface area contributed by atoms with Crippen molar-refractivity contribution in [3.63, 3.8) is 0 Å². The maximum Gasteiger partial charge on any atom is 0.106 e. The molecule has 0 saturated carbocycles. The zero-order valence-electron chi connectivity index (χ0n) is 6.58. The van der Waals surface area contributed by atoms with E-state index in [1.54, 1.807) is 0 Å². The molecule has 1 unspecified atom stereocenters. The van der Waals surface area contributed by atoms with Gasteiger partial charge in [-0.05, 0) is 19.1 Å². The maximum absolute atomic E-state index is 9.14. The quantitative estimate of drug-likeness (QED) is 0.666. The highest BCUT2D eigenvalue weighted by molar-refractivity contribution is 5.06. The Morgan fingerprint density at radius 2 is 2.36 bits per heavy atom. The first kappa shape index (κ1) is 8.30. The highest BCUT2D eigenvalue weighted by Crippen LogP contribution is 2.08. The number of hydrogen-bond donors (Lipinski definition) is 2. The third kappa shape index (κ3) is 2.37. The summed E-state index contributed by atoms with van der Waals surface area (Å²) in [5.74, 6) is 1.66. The lowest BCUT2D eigenvalue weighted by Gasteiger charge is -2.03. The first-order valence-corrected chi connectivity index (χ1v) is 3.66. The van der Waals surface area contributed by atoms with Crippen LogP contribution in [0.15, 0.2) is 16.5 Å². The molecule has 1 aromatic rings. The third-order valence-electron chi connectivity index (χ3n) is 1.50. The zero-order valence-corrected chi connectivity index (χ0v) is 6.58. The van der Waals surface area contributed by atoms with Crippen LogP contribution < -0.4 is 5.73 Å². The number of aliphatic hydroxyl groups is 1. The molecule has 1 rings (SSSR count). The van der Waals surface area contributed by atoms with Gasteiger partial charge >= 0.3 is 0 Å². The van der Waals surface area contributed by atoms with Gasteiger partial charge in [-0.1, -0.05) is 0 Å². The number of nitrogens with two attached hydrogens (primary N) is 1. The lowest BCUT2D eigenvalue weighted by Crippen LogP contribution is -2.21. The number of furan rings is 1. The van der Waals surface area contributed by atoms with Gasteiger partial charge in [0, 0.05) is 13.0 Å². The van der Waals surface area contributed by atoms with Crippen molar-refractivity contribution in [3.8, 4) is 0 Å². The van der Waals surface area contributed by atoms with Gasteiger partial charge in [-0.2, -0.15) is 0 Å². The summed E-state index contributed by atoms with van der Waals surface area (Å²) in [6.07, 6.45) is 0.0187. The first-order chi connectivity index (χ1) is 5.22. The summed E-state index contributed by atoms with van der Waals surface area (Å²) in [6, 6.07) is 3.73. The van der Waals surface area contributed by atoms with Crippen molar-refractivity contribution in [2.75, 3.05) is 6.54 Å². The van der Waals surface area contributed by atoms with Gasteiger partial charge in [0.2, 0.25) is 0 Å². The first-order valence-electron chi connectivity index (χ1n) is 3.66. The van der Waals surface area contributed by atoms with E-state index in [0.717, 1.165) is 11.5 Å². The van der Waals surface area contributed by atoms with Crippen LogP contribution in [0.1, 0.15) is 11.5 Å². The molecular formula is C8H13NO2. The third-order valence-corrected chi connectivity index (χ3v) is 1.50. The largest absolute Gasteiger partial charge is 0.466 e. The van der Waals surface area contributed by atoms with E-state index in [4.69, 9.17) is 15.3 Å². The van der Waals surface area contributed by atoms with Gasteiger partial charge in [0.05, 0.1) is 6.10 Å². The molecule has 3 N–H and O–H groups in total. The van der Waals surface area contributed by atoms with E-state index in [1.807, 2.05) is 19.1 Å². The van der Waals surface area contributed by atoms with Crippen LogP contribution in [-0.4, -0.2) is 17.8 Å². The summed E-state index contributed by atoms with van der Waals surface area (Å²) in [5, 5.41) is 9.14. The minimum Gasteiger partial charge on any atom is -0.466 e. The molecule has 11 heavy (non-hydrogen) atoms. The van der Waals surface area contributed by atoms with Crippen molar-refractivity contribution in [2.24, 2.45) is 5.73 Å². The Kier molecular flexibility index (Phi) is 2.68. The fourth-order valence-corrected chi connectivity index (χ4v) is 0.910. The predicted octanol–water partition coefficient (Wildman–Crippen LogP) is 0.450. The highest BCUT2D eigenvalue weighted by Gasteiger charge is 2.05. The fraction of sp³-hybridized carbons (Fsp3) is 0.500. The van der Waals surface area contributed by atoms with E-state index < -0.39 is 6.10 Å². The molecule has 0 spiro atoms. The van der Waals surface area contributed by atoms with Crippen LogP contribution in [-0.2, 0) is 6.42 Å². The van der Waals surface area contributed by atoms with E-state index in [-0.39, 0.29) is 6.54 Å². The molecule has 1 atom stereocenters. The summed E-state index contributed by atoms with van der Waals surface area (Å²) in [6.45, 7) is 2.15. The number of aliphatic hydroxyl groups excluding tert-OH is 1. The van der Waals surface area contributed by atoms with Gasteiger partial charge in [-0.15, -0.1) is 0 Å². The Labute approximate surface area is 65.8 Å². The molecule has 0 aliphatic rings. The molecule has 62 valence electrons. The predicted molar refractivity (Wildman–Crippen MR) is 42.2 cm³/mol. The van der Waals surface area contributed by atoms with E-state index in [9.17, 15) is 0 Å². The van der Waals surface area contributed by atoms with Crippen LogP contribution in [0.4, 0.5) is 0 Å². The second-order valence-corrected chi connectivity index (χ2v) is 2.61. The van der Waals surface area contributed by atoms with Crippen LogP contribution in [0.2, 0.25) is 0 Å². The summed E-state index contributed by atoms with van der Waals surface area (Å²) in [5.41, 5.74) is 5.24. The van der Waals surface area contributed by atoms with Crippen molar-refractivity contribution >= 4 is 0 Å². The zero-order chi connectivity index (χ0) is 8.27. The second kappa shape index (κ2) is 3.55. The number of hydrogen-bond acceptors (Lipinski definition) is 3. The van der Waals surface area contributed by atoms with Crippen LogP contribution in [0, 0.1) is 6.92 Å². The van der Waals surface area contributed by atoms with Gasteiger partial charge in [0.1, 0.15) is 11.5 Å². The molecule has 0 aromatic carbocycles. The Morgan fingerprint density at radius 1 is 1.64 bits per heavy atom. The Balaban J connectivity index is 2.50. The average molecular weight is 155 g/mol. The van der Waals surface area contributed by atoms with Crippen LogP contribution in [0.5, 0.6) is 0 Å². The SMILES string of the molecule is Cc1ccc(CC(O)CN)o1. The minimum atomic E-state index is -0.486.